The van der Waals surface area contributed by atoms with Gasteiger partial charge in [-0.15, -0.1) is 0 Å². The molecule has 0 heterocycles. The first-order chi connectivity index (χ1) is 7.77. The third-order valence-corrected chi connectivity index (χ3v) is 4.30. The molecule has 1 aliphatic rings. The maximum atomic E-state index is 3.63. The molecule has 0 aromatic rings. The molecule has 16 heavy (non-hydrogen) atoms. The minimum atomic E-state index is 0.928. The summed E-state index contributed by atoms with van der Waals surface area (Å²) < 4.78 is 0. The predicted octanol–water partition coefficient (Wildman–Crippen LogP) is 4.23. The van der Waals surface area contributed by atoms with Crippen molar-refractivity contribution in [2.24, 2.45) is 17.8 Å². The lowest BCUT2D eigenvalue weighted by Crippen LogP contribution is -2.31. The minimum Gasteiger partial charge on any atom is -0.316 e. The van der Waals surface area contributed by atoms with E-state index in [4.69, 9.17) is 0 Å². The Kier molecular flexibility index (Phi) is 7.11. The molecule has 3 atom stereocenters. The zero-order valence-electron chi connectivity index (χ0n) is 11.6. The van der Waals surface area contributed by atoms with Crippen LogP contribution < -0.4 is 5.32 Å². The molecule has 0 aromatic carbocycles. The quantitative estimate of drug-likeness (QED) is 0.639. The number of nitrogens with one attached hydrogen (secondary N) is 1. The fourth-order valence-electron chi connectivity index (χ4n) is 3.01. The molecule has 1 N–H and O–H groups in total. The summed E-state index contributed by atoms with van der Waals surface area (Å²) in [5.41, 5.74) is 0. The molecule has 1 aliphatic carbocycles. The van der Waals surface area contributed by atoms with Crippen LogP contribution in [-0.2, 0) is 0 Å². The number of hydrogen-bond donors (Lipinski definition) is 1. The average molecular weight is 225 g/mol. The Labute approximate surface area is 102 Å². The van der Waals surface area contributed by atoms with Crippen molar-refractivity contribution in [2.75, 3.05) is 13.1 Å². The van der Waals surface area contributed by atoms with Crippen LogP contribution in [0.2, 0.25) is 0 Å². The van der Waals surface area contributed by atoms with Gasteiger partial charge in [0.15, 0.2) is 0 Å². The largest absolute Gasteiger partial charge is 0.316 e. The van der Waals surface area contributed by atoms with E-state index < -0.39 is 0 Å². The van der Waals surface area contributed by atoms with Gasteiger partial charge in [-0.25, -0.2) is 0 Å². The van der Waals surface area contributed by atoms with E-state index in [2.05, 4.69) is 26.1 Å². The molecule has 0 aromatic heterocycles. The van der Waals surface area contributed by atoms with E-state index in [1.54, 1.807) is 0 Å². The Morgan fingerprint density at radius 2 is 1.81 bits per heavy atom. The van der Waals surface area contributed by atoms with Crippen LogP contribution >= 0.6 is 0 Å². The van der Waals surface area contributed by atoms with Gasteiger partial charge in [-0.1, -0.05) is 46.5 Å². The maximum absolute atomic E-state index is 3.63. The van der Waals surface area contributed by atoms with Crippen LogP contribution in [-0.4, -0.2) is 13.1 Å². The van der Waals surface area contributed by atoms with Gasteiger partial charge in [0.05, 0.1) is 0 Å². The van der Waals surface area contributed by atoms with E-state index >= 15 is 0 Å². The zero-order valence-corrected chi connectivity index (χ0v) is 11.6. The summed E-state index contributed by atoms with van der Waals surface area (Å²) in [6.45, 7) is 9.48. The van der Waals surface area contributed by atoms with Crippen molar-refractivity contribution in [1.82, 2.24) is 5.32 Å². The first-order valence-electron chi connectivity index (χ1n) is 7.48. The summed E-state index contributed by atoms with van der Waals surface area (Å²) in [7, 11) is 0. The standard InChI is InChI=1S/C15H31N/c1-4-10-16-12-15-9-7-6-8-14(15)11-13(3)5-2/h13-16H,4-12H2,1-3H3. The highest BCUT2D eigenvalue weighted by molar-refractivity contribution is 4.78. The van der Waals surface area contributed by atoms with E-state index in [-0.39, 0.29) is 0 Å². The van der Waals surface area contributed by atoms with Crippen LogP contribution in [0.1, 0.15) is 65.7 Å². The summed E-state index contributed by atoms with van der Waals surface area (Å²) >= 11 is 0. The van der Waals surface area contributed by atoms with Gasteiger partial charge in [-0.3, -0.25) is 0 Å². The van der Waals surface area contributed by atoms with Gasteiger partial charge in [0.25, 0.3) is 0 Å². The summed E-state index contributed by atoms with van der Waals surface area (Å²) in [6, 6.07) is 0. The Morgan fingerprint density at radius 3 is 2.44 bits per heavy atom. The summed E-state index contributed by atoms with van der Waals surface area (Å²) in [4.78, 5) is 0. The molecule has 0 bridgehead atoms. The second-order valence-electron chi connectivity index (χ2n) is 5.76. The van der Waals surface area contributed by atoms with Gasteiger partial charge in [0.2, 0.25) is 0 Å². The molecule has 1 saturated carbocycles. The lowest BCUT2D eigenvalue weighted by atomic mass is 9.75. The van der Waals surface area contributed by atoms with Gasteiger partial charge < -0.3 is 5.32 Å². The van der Waals surface area contributed by atoms with Gasteiger partial charge in [0, 0.05) is 0 Å². The average Bonchev–Trinajstić information content (AvgIpc) is 2.31. The highest BCUT2D eigenvalue weighted by atomic mass is 14.9. The third-order valence-electron chi connectivity index (χ3n) is 4.30. The second-order valence-corrected chi connectivity index (χ2v) is 5.76. The van der Waals surface area contributed by atoms with Crippen LogP contribution in [0.15, 0.2) is 0 Å². The van der Waals surface area contributed by atoms with E-state index in [1.807, 2.05) is 0 Å². The topological polar surface area (TPSA) is 12.0 Å². The Balaban J connectivity index is 2.31. The molecular formula is C15H31N. The van der Waals surface area contributed by atoms with E-state index in [9.17, 15) is 0 Å². The van der Waals surface area contributed by atoms with Gasteiger partial charge in [0.1, 0.15) is 0 Å². The smallest absolute Gasteiger partial charge is 0.00179 e. The van der Waals surface area contributed by atoms with Crippen molar-refractivity contribution in [3.05, 3.63) is 0 Å². The number of rotatable bonds is 7. The molecule has 96 valence electrons. The number of hydrogen-bond acceptors (Lipinski definition) is 1. The lowest BCUT2D eigenvalue weighted by molar-refractivity contribution is 0.194. The van der Waals surface area contributed by atoms with Crippen LogP contribution in [0.4, 0.5) is 0 Å². The SMILES string of the molecule is CCCNCC1CCCCC1CC(C)CC. The van der Waals surface area contributed by atoms with Crippen molar-refractivity contribution in [3.63, 3.8) is 0 Å². The fraction of sp³-hybridized carbons (Fsp3) is 1.00. The van der Waals surface area contributed by atoms with Crippen LogP contribution in [0, 0.1) is 17.8 Å². The van der Waals surface area contributed by atoms with Crippen molar-refractivity contribution >= 4 is 0 Å². The van der Waals surface area contributed by atoms with Crippen molar-refractivity contribution in [1.29, 1.82) is 0 Å². The first kappa shape index (κ1) is 14.0. The Bertz CT molecular complexity index is 167. The molecule has 1 heteroatoms. The third kappa shape index (κ3) is 4.86. The van der Waals surface area contributed by atoms with E-state index in [1.165, 1.54) is 58.0 Å². The molecule has 3 unspecified atom stereocenters. The van der Waals surface area contributed by atoms with Crippen LogP contribution in [0.5, 0.6) is 0 Å². The van der Waals surface area contributed by atoms with E-state index in [0.717, 1.165) is 17.8 Å². The Hall–Kier alpha value is -0.0400. The summed E-state index contributed by atoms with van der Waals surface area (Å²) in [5.74, 6) is 2.90. The Morgan fingerprint density at radius 1 is 1.12 bits per heavy atom. The molecule has 0 radical (unpaired) electrons. The van der Waals surface area contributed by atoms with Crippen molar-refractivity contribution in [2.45, 2.75) is 65.7 Å². The molecule has 0 amide bonds. The highest BCUT2D eigenvalue weighted by Gasteiger charge is 2.25. The predicted molar refractivity (Wildman–Crippen MR) is 72.7 cm³/mol. The molecule has 0 aliphatic heterocycles. The summed E-state index contributed by atoms with van der Waals surface area (Å²) in [5, 5.41) is 3.63. The molecular weight excluding hydrogens is 194 g/mol. The molecule has 1 rings (SSSR count). The van der Waals surface area contributed by atoms with E-state index in [0.29, 0.717) is 0 Å². The zero-order chi connectivity index (χ0) is 11.8. The minimum absolute atomic E-state index is 0.928. The monoisotopic (exact) mass is 225 g/mol. The van der Waals surface area contributed by atoms with Gasteiger partial charge >= 0.3 is 0 Å². The highest BCUT2D eigenvalue weighted by Crippen LogP contribution is 2.34. The fourth-order valence-corrected chi connectivity index (χ4v) is 3.01. The van der Waals surface area contributed by atoms with Gasteiger partial charge in [-0.2, -0.15) is 0 Å². The second kappa shape index (κ2) is 8.11. The maximum Gasteiger partial charge on any atom is -0.00179 e. The lowest BCUT2D eigenvalue weighted by Gasteiger charge is -2.33. The molecule has 0 saturated heterocycles. The van der Waals surface area contributed by atoms with Crippen LogP contribution in [0.25, 0.3) is 0 Å². The first-order valence-corrected chi connectivity index (χ1v) is 7.48. The molecule has 1 fully saturated rings. The van der Waals surface area contributed by atoms with Crippen LogP contribution in [0.3, 0.4) is 0 Å². The van der Waals surface area contributed by atoms with Crippen molar-refractivity contribution in [3.8, 4) is 0 Å². The normalized spacial score (nSPS) is 27.9. The summed E-state index contributed by atoms with van der Waals surface area (Å²) in [6.07, 6.45) is 9.99. The molecule has 1 nitrogen and oxygen atoms in total. The van der Waals surface area contributed by atoms with Gasteiger partial charge in [-0.05, 0) is 50.1 Å². The molecule has 0 spiro atoms. The van der Waals surface area contributed by atoms with Crippen molar-refractivity contribution < 1.29 is 0 Å².